The number of thiazole rings is 1. The summed E-state index contributed by atoms with van der Waals surface area (Å²) in [4.78, 5) is 49.4. The van der Waals surface area contributed by atoms with Gasteiger partial charge in [0.1, 0.15) is 28.3 Å². The highest BCUT2D eigenvalue weighted by atomic mass is 32.2. The average molecular weight is 790 g/mol. The Balaban J connectivity index is 1.15. The highest BCUT2D eigenvalue weighted by Gasteiger charge is 2.54. The number of nitrogens with zero attached hydrogens (tertiary/aromatic N) is 7. The van der Waals surface area contributed by atoms with E-state index in [1.54, 1.807) is 7.05 Å². The summed E-state index contributed by atoms with van der Waals surface area (Å²) in [7, 11) is 1.65. The van der Waals surface area contributed by atoms with Crippen LogP contribution in [0.5, 0.6) is 0 Å². The summed E-state index contributed by atoms with van der Waals surface area (Å²) in [5, 5.41) is 32.3. The van der Waals surface area contributed by atoms with E-state index >= 15 is 0 Å². The average Bonchev–Trinajstić information content (AvgIpc) is 3.83. The maximum atomic E-state index is 13.7. The molecule has 54 heavy (non-hydrogen) atoms. The van der Waals surface area contributed by atoms with Gasteiger partial charge >= 0.3 is 12.6 Å². The summed E-state index contributed by atoms with van der Waals surface area (Å²) in [5.74, 6) is -2.56. The van der Waals surface area contributed by atoms with Crippen LogP contribution in [0.4, 0.5) is 13.9 Å². The van der Waals surface area contributed by atoms with E-state index in [1.165, 1.54) is 33.6 Å². The van der Waals surface area contributed by atoms with E-state index in [0.717, 1.165) is 32.9 Å². The van der Waals surface area contributed by atoms with Crippen molar-refractivity contribution in [2.24, 2.45) is 12.2 Å². The molecular weight excluding hydrogens is 761 g/mol. The zero-order valence-electron chi connectivity index (χ0n) is 28.1. The molecule has 0 radical (unpaired) electrons. The van der Waals surface area contributed by atoms with Gasteiger partial charge in [-0.3, -0.25) is 14.5 Å². The van der Waals surface area contributed by atoms with Crippen LogP contribution in [-0.4, -0.2) is 88.2 Å². The van der Waals surface area contributed by atoms with Crippen LogP contribution >= 0.6 is 34.9 Å². The number of tetrazole rings is 1. The fourth-order valence-corrected chi connectivity index (χ4v) is 9.26. The third-order valence-electron chi connectivity index (χ3n) is 8.59. The number of thioether (sulfide) groups is 2. The molecule has 1 fully saturated rings. The van der Waals surface area contributed by atoms with Crippen LogP contribution < -0.4 is 10.6 Å². The molecule has 2 atom stereocenters. The number of aliphatic carboxylic acids is 1. The molecule has 2 aliphatic rings. The molecule has 4 heterocycles. The van der Waals surface area contributed by atoms with Crippen LogP contribution in [0.1, 0.15) is 22.4 Å². The summed E-state index contributed by atoms with van der Waals surface area (Å²) >= 11 is 3.58. The highest BCUT2D eigenvalue weighted by Crippen LogP contribution is 2.42. The van der Waals surface area contributed by atoms with Gasteiger partial charge in [-0.25, -0.2) is 14.5 Å². The lowest BCUT2D eigenvalue weighted by Crippen LogP contribution is -2.71. The number of aromatic nitrogens is 5. The Hall–Kier alpha value is -5.66. The van der Waals surface area contributed by atoms with Gasteiger partial charge in [0.25, 0.3) is 11.8 Å². The normalized spacial score (nSPS) is 17.2. The number of oxime groups is 1. The van der Waals surface area contributed by atoms with Crippen molar-refractivity contribution < 1.29 is 33.1 Å². The summed E-state index contributed by atoms with van der Waals surface area (Å²) in [6, 6.07) is 27.9. The molecule has 276 valence electrons. The van der Waals surface area contributed by atoms with Gasteiger partial charge in [-0.15, -0.1) is 28.2 Å². The lowest BCUT2D eigenvalue weighted by Gasteiger charge is -2.49. The van der Waals surface area contributed by atoms with Crippen molar-refractivity contribution in [3.8, 4) is 0 Å². The second kappa shape index (κ2) is 15.7. The van der Waals surface area contributed by atoms with E-state index in [1.807, 2.05) is 91.0 Å². The first kappa shape index (κ1) is 36.7. The van der Waals surface area contributed by atoms with E-state index in [-0.39, 0.29) is 22.9 Å². The number of amides is 2. The van der Waals surface area contributed by atoms with Crippen molar-refractivity contribution in [3.63, 3.8) is 0 Å². The largest absolute Gasteiger partial charge is 0.477 e. The number of rotatable bonds is 14. The highest BCUT2D eigenvalue weighted by molar-refractivity contribution is 8.01. The van der Waals surface area contributed by atoms with Crippen LogP contribution in [0.25, 0.3) is 0 Å². The van der Waals surface area contributed by atoms with E-state index < -0.39 is 47.1 Å². The van der Waals surface area contributed by atoms with Gasteiger partial charge in [-0.1, -0.05) is 108 Å². The number of hydrogen-bond donors (Lipinski definition) is 3. The zero-order chi connectivity index (χ0) is 37.8. The number of carbonyl (C=O) groups is 3. The molecular formula is C35H29F2N9O5S3. The number of hydrogen-bond acceptors (Lipinski definition) is 13. The lowest BCUT2D eigenvalue weighted by molar-refractivity contribution is -0.150. The van der Waals surface area contributed by atoms with Crippen molar-refractivity contribution in [3.05, 3.63) is 130 Å². The minimum atomic E-state index is -3.35. The molecule has 2 amide bonds. The van der Waals surface area contributed by atoms with Crippen LogP contribution in [0, 0.1) is 0 Å². The molecule has 7 rings (SSSR count). The zero-order valence-corrected chi connectivity index (χ0v) is 30.5. The molecule has 14 nitrogen and oxygen atoms in total. The van der Waals surface area contributed by atoms with Crippen molar-refractivity contribution in [1.29, 1.82) is 0 Å². The number of fused-ring (bicyclic) bond motifs is 1. The Kier molecular flexibility index (Phi) is 10.7. The van der Waals surface area contributed by atoms with Crippen molar-refractivity contribution in [2.75, 3.05) is 16.8 Å². The van der Waals surface area contributed by atoms with Gasteiger partial charge in [-0.2, -0.15) is 8.78 Å². The van der Waals surface area contributed by atoms with Crippen LogP contribution in [0.3, 0.4) is 0 Å². The minimum absolute atomic E-state index is 0.0904. The van der Waals surface area contributed by atoms with Gasteiger partial charge in [0.05, 0.1) is 0 Å². The quantitative estimate of drug-likeness (QED) is 0.0472. The fourth-order valence-electron chi connectivity index (χ4n) is 6.18. The van der Waals surface area contributed by atoms with E-state index in [4.69, 9.17) is 0 Å². The second-order valence-corrected chi connectivity index (χ2v) is 14.7. The van der Waals surface area contributed by atoms with Gasteiger partial charge in [-0.05, 0) is 32.7 Å². The SMILES string of the molecule is Cn1nnnc1SCC1=C(C(=O)O)N2C(=O)C(NC(=O)/C(=N\OC(F)F)c3csc(NC(c4ccccc4)(c4ccccc4)c4ccccc4)n3)C2SC1. The molecule has 2 aliphatic heterocycles. The molecule has 0 bridgehead atoms. The number of anilines is 1. The van der Waals surface area contributed by atoms with Crippen molar-refractivity contribution in [2.45, 2.75) is 28.7 Å². The summed E-state index contributed by atoms with van der Waals surface area (Å²) < 4.78 is 28.0. The molecule has 0 aliphatic carbocycles. The van der Waals surface area contributed by atoms with Gasteiger partial charge < -0.3 is 20.6 Å². The number of alkyl halides is 2. The monoisotopic (exact) mass is 789 g/mol. The van der Waals surface area contributed by atoms with Crippen LogP contribution in [-0.2, 0) is 31.8 Å². The van der Waals surface area contributed by atoms with Gasteiger partial charge in [0.2, 0.25) is 5.16 Å². The Morgan fingerprint density at radius 2 is 1.65 bits per heavy atom. The Bertz CT molecular complexity index is 2130. The number of carbonyl (C=O) groups excluding carboxylic acids is 2. The Morgan fingerprint density at radius 3 is 2.19 bits per heavy atom. The summed E-state index contributed by atoms with van der Waals surface area (Å²) in [6.07, 6.45) is 0. The van der Waals surface area contributed by atoms with Crippen LogP contribution in [0.15, 0.2) is 118 Å². The first-order valence-corrected chi connectivity index (χ1v) is 19.1. The standard InChI is InChI=1S/C35H29F2N9O5S3/c1-45-34(41-43-44-45)54-18-20-17-52-30-26(29(48)46(30)27(20)31(49)50)39-28(47)25(42-51-32(36)37)24-19-53-33(38-24)40-35(21-11-5-2-6-12-21,22-13-7-3-8-14-22)23-15-9-4-10-16-23/h2-16,19,26,30,32H,17-18H2,1H3,(H,38,40)(H,39,47)(H,49,50)/b42-25-. The molecule has 0 saturated carbocycles. The number of nitrogens with one attached hydrogen (secondary N) is 2. The number of halogens is 2. The topological polar surface area (TPSA) is 177 Å². The molecule has 3 N–H and O–H groups in total. The Labute approximate surface area is 318 Å². The third kappa shape index (κ3) is 7.16. The Morgan fingerprint density at radius 1 is 1.04 bits per heavy atom. The maximum Gasteiger partial charge on any atom is 0.407 e. The van der Waals surface area contributed by atoms with E-state index in [0.29, 0.717) is 15.9 Å². The number of carboxylic acids is 1. The van der Waals surface area contributed by atoms with Gasteiger partial charge in [0.15, 0.2) is 10.8 Å². The number of β-lactam (4-membered cyclic amide) rings is 1. The second-order valence-electron chi connectivity index (χ2n) is 11.8. The molecule has 5 aromatic rings. The van der Waals surface area contributed by atoms with Gasteiger partial charge in [0, 0.05) is 23.9 Å². The predicted molar refractivity (Wildman–Crippen MR) is 198 cm³/mol. The predicted octanol–water partition coefficient (Wildman–Crippen LogP) is 4.54. The molecule has 2 unspecified atom stereocenters. The fraction of sp³-hybridized carbons (Fsp3) is 0.200. The molecule has 2 aromatic heterocycles. The van der Waals surface area contributed by atoms with E-state index in [2.05, 4.69) is 41.1 Å². The lowest BCUT2D eigenvalue weighted by atomic mass is 9.77. The van der Waals surface area contributed by atoms with Crippen LogP contribution in [0.2, 0.25) is 0 Å². The first-order valence-electron chi connectivity index (χ1n) is 16.2. The number of carboxylic acid groups (broad SMARTS) is 1. The van der Waals surface area contributed by atoms with Crippen molar-refractivity contribution in [1.82, 2.24) is 35.4 Å². The molecule has 19 heteroatoms. The van der Waals surface area contributed by atoms with Crippen molar-refractivity contribution >= 4 is 63.5 Å². The smallest absolute Gasteiger partial charge is 0.407 e. The molecule has 0 spiro atoms. The maximum absolute atomic E-state index is 13.7. The number of benzene rings is 3. The minimum Gasteiger partial charge on any atom is -0.477 e. The number of aryl methyl sites for hydroxylation is 1. The first-order chi connectivity index (χ1) is 26.2. The molecule has 3 aromatic carbocycles. The molecule has 1 saturated heterocycles. The summed E-state index contributed by atoms with van der Waals surface area (Å²) in [6.45, 7) is -3.35. The third-order valence-corrected chi connectivity index (χ3v) is 11.8. The van der Waals surface area contributed by atoms with E-state index in [9.17, 15) is 28.3 Å². The summed E-state index contributed by atoms with van der Waals surface area (Å²) in [5.41, 5.74) is 1.26.